The van der Waals surface area contributed by atoms with Crippen molar-refractivity contribution in [2.75, 3.05) is 25.1 Å². The summed E-state index contributed by atoms with van der Waals surface area (Å²) in [6.45, 7) is 1.11. The van der Waals surface area contributed by atoms with Crippen LogP contribution in [0, 0.1) is 0 Å². The van der Waals surface area contributed by atoms with E-state index in [4.69, 9.17) is 21.1 Å². The number of carbonyl (C=O) groups is 2. The van der Waals surface area contributed by atoms with Gasteiger partial charge in [0.25, 0.3) is 11.8 Å². The summed E-state index contributed by atoms with van der Waals surface area (Å²) < 4.78 is 10.9. The summed E-state index contributed by atoms with van der Waals surface area (Å²) >= 11 is 5.98. The van der Waals surface area contributed by atoms with Crippen molar-refractivity contribution in [2.24, 2.45) is 0 Å². The first-order chi connectivity index (χ1) is 13.1. The molecule has 1 saturated heterocycles. The summed E-state index contributed by atoms with van der Waals surface area (Å²) in [5, 5.41) is 6.02. The van der Waals surface area contributed by atoms with Gasteiger partial charge in [-0.25, -0.2) is 0 Å². The zero-order valence-corrected chi connectivity index (χ0v) is 15.5. The second-order valence-electron chi connectivity index (χ2n) is 6.19. The molecule has 0 aliphatic carbocycles. The molecule has 142 valence electrons. The van der Waals surface area contributed by atoms with Crippen LogP contribution in [0.1, 0.15) is 23.2 Å². The van der Waals surface area contributed by atoms with Crippen LogP contribution in [0.5, 0.6) is 5.75 Å². The molecule has 1 fully saturated rings. The molecule has 27 heavy (non-hydrogen) atoms. The fourth-order valence-corrected chi connectivity index (χ4v) is 2.91. The Balaban J connectivity index is 1.45. The number of rotatable bonds is 7. The van der Waals surface area contributed by atoms with Gasteiger partial charge >= 0.3 is 0 Å². The molecule has 6 nitrogen and oxygen atoms in total. The topological polar surface area (TPSA) is 76.7 Å². The monoisotopic (exact) mass is 388 g/mol. The molecule has 1 unspecified atom stereocenters. The Kier molecular flexibility index (Phi) is 6.68. The number of nitrogens with one attached hydrogen (secondary N) is 2. The second kappa shape index (κ2) is 9.39. The van der Waals surface area contributed by atoms with E-state index < -0.39 is 0 Å². The van der Waals surface area contributed by atoms with E-state index in [0.717, 1.165) is 19.4 Å². The fraction of sp³-hybridized carbons (Fsp3) is 0.300. The number of amides is 2. The molecule has 0 saturated carbocycles. The number of halogens is 1. The summed E-state index contributed by atoms with van der Waals surface area (Å²) in [5.41, 5.74) is 1.11. The highest BCUT2D eigenvalue weighted by molar-refractivity contribution is 6.32. The highest BCUT2D eigenvalue weighted by Gasteiger charge is 2.16. The number of anilines is 1. The summed E-state index contributed by atoms with van der Waals surface area (Å²) in [7, 11) is 0. The zero-order valence-electron chi connectivity index (χ0n) is 14.7. The number of carbonyl (C=O) groups excluding carboxylic acids is 2. The van der Waals surface area contributed by atoms with Gasteiger partial charge in [0.2, 0.25) is 0 Å². The molecule has 7 heteroatoms. The quantitative estimate of drug-likeness (QED) is 0.763. The number of hydrogen-bond donors (Lipinski definition) is 2. The largest absolute Gasteiger partial charge is 0.482 e. The minimum Gasteiger partial charge on any atom is -0.482 e. The number of para-hydroxylation sites is 1. The van der Waals surface area contributed by atoms with E-state index in [1.165, 1.54) is 0 Å². The SMILES string of the molecule is O=C(COc1ccccc1Cl)Nc1ccc(C(=O)NCC2CCCO2)cc1. The van der Waals surface area contributed by atoms with Crippen molar-refractivity contribution in [1.29, 1.82) is 0 Å². The minimum atomic E-state index is -0.314. The smallest absolute Gasteiger partial charge is 0.262 e. The van der Waals surface area contributed by atoms with Crippen molar-refractivity contribution < 1.29 is 19.1 Å². The number of benzene rings is 2. The molecule has 0 spiro atoms. The van der Waals surface area contributed by atoms with Crippen molar-refractivity contribution >= 4 is 29.1 Å². The van der Waals surface area contributed by atoms with E-state index in [-0.39, 0.29) is 24.5 Å². The van der Waals surface area contributed by atoms with Gasteiger partial charge in [0.1, 0.15) is 5.75 Å². The maximum atomic E-state index is 12.1. The lowest BCUT2D eigenvalue weighted by Crippen LogP contribution is -2.31. The highest BCUT2D eigenvalue weighted by atomic mass is 35.5. The lowest BCUT2D eigenvalue weighted by atomic mass is 10.2. The third kappa shape index (κ3) is 5.70. The van der Waals surface area contributed by atoms with Crippen LogP contribution in [0.3, 0.4) is 0 Å². The summed E-state index contributed by atoms with van der Waals surface area (Å²) in [6, 6.07) is 13.6. The van der Waals surface area contributed by atoms with Crippen LogP contribution in [0.15, 0.2) is 48.5 Å². The molecule has 1 atom stereocenters. The maximum Gasteiger partial charge on any atom is 0.262 e. The van der Waals surface area contributed by atoms with Crippen LogP contribution >= 0.6 is 11.6 Å². The van der Waals surface area contributed by atoms with Gasteiger partial charge in [-0.1, -0.05) is 23.7 Å². The second-order valence-corrected chi connectivity index (χ2v) is 6.60. The average Bonchev–Trinajstić information content (AvgIpc) is 3.20. The third-order valence-electron chi connectivity index (χ3n) is 4.14. The normalized spacial score (nSPS) is 16.0. The molecule has 1 aliphatic rings. The van der Waals surface area contributed by atoms with E-state index in [1.807, 2.05) is 0 Å². The molecule has 2 aromatic carbocycles. The fourth-order valence-electron chi connectivity index (χ4n) is 2.72. The first-order valence-corrected chi connectivity index (χ1v) is 9.16. The van der Waals surface area contributed by atoms with Crippen LogP contribution in [0.2, 0.25) is 5.02 Å². The molecule has 1 aliphatic heterocycles. The van der Waals surface area contributed by atoms with Crippen molar-refractivity contribution in [3.63, 3.8) is 0 Å². The van der Waals surface area contributed by atoms with E-state index in [2.05, 4.69) is 10.6 Å². The Labute approximate surface area is 162 Å². The average molecular weight is 389 g/mol. The standard InChI is InChI=1S/C20H21ClN2O4/c21-17-5-1-2-6-18(17)27-13-19(24)23-15-9-7-14(8-10-15)20(25)22-12-16-4-3-11-26-16/h1-2,5-10,16H,3-4,11-13H2,(H,22,25)(H,23,24). The molecule has 3 rings (SSSR count). The van der Waals surface area contributed by atoms with Crippen LogP contribution in [-0.4, -0.2) is 37.7 Å². The van der Waals surface area contributed by atoms with Gasteiger partial charge < -0.3 is 20.1 Å². The van der Waals surface area contributed by atoms with Gasteiger partial charge in [-0.2, -0.15) is 0 Å². The first kappa shape index (κ1) is 19.2. The maximum absolute atomic E-state index is 12.1. The molecule has 1 heterocycles. The highest BCUT2D eigenvalue weighted by Crippen LogP contribution is 2.23. The van der Waals surface area contributed by atoms with Crippen molar-refractivity contribution in [2.45, 2.75) is 18.9 Å². The van der Waals surface area contributed by atoms with Gasteiger partial charge in [0.05, 0.1) is 11.1 Å². The van der Waals surface area contributed by atoms with Crippen LogP contribution in [0.4, 0.5) is 5.69 Å². The van der Waals surface area contributed by atoms with E-state index in [1.54, 1.807) is 48.5 Å². The molecule has 2 N–H and O–H groups in total. The van der Waals surface area contributed by atoms with E-state index in [9.17, 15) is 9.59 Å². The van der Waals surface area contributed by atoms with Gasteiger partial charge in [0, 0.05) is 24.4 Å². The molecular weight excluding hydrogens is 368 g/mol. The van der Waals surface area contributed by atoms with Crippen molar-refractivity contribution in [3.05, 3.63) is 59.1 Å². The number of ether oxygens (including phenoxy) is 2. The van der Waals surface area contributed by atoms with Crippen LogP contribution in [-0.2, 0) is 9.53 Å². The molecule has 0 aromatic heterocycles. The lowest BCUT2D eigenvalue weighted by molar-refractivity contribution is -0.118. The third-order valence-corrected chi connectivity index (χ3v) is 4.45. The predicted molar refractivity (Wildman–Crippen MR) is 103 cm³/mol. The molecule has 2 amide bonds. The van der Waals surface area contributed by atoms with Crippen molar-refractivity contribution in [1.82, 2.24) is 5.32 Å². The Morgan fingerprint density at radius 1 is 1.15 bits per heavy atom. The molecule has 0 bridgehead atoms. The summed E-state index contributed by atoms with van der Waals surface area (Å²) in [6.07, 6.45) is 2.11. The van der Waals surface area contributed by atoms with Gasteiger partial charge in [-0.15, -0.1) is 0 Å². The van der Waals surface area contributed by atoms with E-state index in [0.29, 0.717) is 28.6 Å². The van der Waals surface area contributed by atoms with Crippen molar-refractivity contribution in [3.8, 4) is 5.75 Å². The van der Waals surface area contributed by atoms with E-state index >= 15 is 0 Å². The lowest BCUT2D eigenvalue weighted by Gasteiger charge is -2.11. The van der Waals surface area contributed by atoms with Gasteiger partial charge in [-0.3, -0.25) is 9.59 Å². The number of hydrogen-bond acceptors (Lipinski definition) is 4. The summed E-state index contributed by atoms with van der Waals surface area (Å²) in [4.78, 5) is 24.1. The molecule has 0 radical (unpaired) electrons. The minimum absolute atomic E-state index is 0.102. The Hall–Kier alpha value is -2.57. The zero-order chi connectivity index (χ0) is 19.1. The van der Waals surface area contributed by atoms with Gasteiger partial charge in [-0.05, 0) is 49.2 Å². The van der Waals surface area contributed by atoms with Crippen LogP contribution in [0.25, 0.3) is 0 Å². The Bertz CT molecular complexity index is 789. The van der Waals surface area contributed by atoms with Crippen LogP contribution < -0.4 is 15.4 Å². The summed E-state index contributed by atoms with van der Waals surface area (Å²) in [5.74, 6) is -0.0245. The van der Waals surface area contributed by atoms with Gasteiger partial charge in [0.15, 0.2) is 6.61 Å². The predicted octanol–water partition coefficient (Wildman–Crippen LogP) is 3.27. The Morgan fingerprint density at radius 3 is 2.63 bits per heavy atom. The first-order valence-electron chi connectivity index (χ1n) is 8.79. The molecule has 2 aromatic rings. The molecular formula is C20H21ClN2O4. The Morgan fingerprint density at radius 2 is 1.93 bits per heavy atom.